The second kappa shape index (κ2) is 18.6. The number of hydrogen-bond donors (Lipinski definition) is 0. The molecule has 0 spiro atoms. The number of aromatic nitrogens is 2. The standard InChI is InChI=1S/C64H61N4O.Pt/c1-61(2,3)49-35-45(44-23-14-11-15-24-44)36-51(37-49)66-42-58(62(4,5)6)67(43-66)50-29-22-30-52(39-50)69-53-40-55(64(9,10)47-27-18-13-19-28-47)60-54-31-20-21-32-56(54)68(57(60)41-53)59-38-48(33-34-65-59)63(7,8)46-25-16-12-17-26-46;/h11-38,40,42-43H,1-10H3;/q-3;. The number of ether oxygens (including phenoxy) is 1. The zero-order chi connectivity index (χ0) is 48.3. The molecular formula is C64H61N4OPt-3. The zero-order valence-electron chi connectivity index (χ0n) is 41.9. The van der Waals surface area contributed by atoms with Crippen LogP contribution >= 0.6 is 0 Å². The Hall–Kier alpha value is -6.68. The van der Waals surface area contributed by atoms with Gasteiger partial charge in [-0.2, -0.15) is 6.07 Å². The Labute approximate surface area is 429 Å². The molecule has 6 heteroatoms. The van der Waals surface area contributed by atoms with Crippen molar-refractivity contribution in [3.8, 4) is 28.4 Å². The fourth-order valence-electron chi connectivity index (χ4n) is 9.78. The van der Waals surface area contributed by atoms with E-state index in [0.29, 0.717) is 11.5 Å². The molecule has 0 aliphatic carbocycles. The molecule has 0 unspecified atom stereocenters. The monoisotopic (exact) mass is 1100 g/mol. The maximum Gasteiger partial charge on any atom is 0.135 e. The van der Waals surface area contributed by atoms with Crippen LogP contribution in [0.15, 0.2) is 188 Å². The number of anilines is 2. The maximum atomic E-state index is 7.01. The average Bonchev–Trinajstić information content (AvgIpc) is 3.96. The molecule has 5 nitrogen and oxygen atoms in total. The second-order valence-corrected chi connectivity index (χ2v) is 21.6. The smallest absolute Gasteiger partial charge is 0.135 e. The predicted octanol–water partition coefficient (Wildman–Crippen LogP) is 16.5. The van der Waals surface area contributed by atoms with Gasteiger partial charge in [0.15, 0.2) is 0 Å². The fourth-order valence-corrected chi connectivity index (χ4v) is 9.78. The van der Waals surface area contributed by atoms with E-state index in [1.54, 1.807) is 0 Å². The number of fused-ring (bicyclic) bond motifs is 3. The van der Waals surface area contributed by atoms with Crippen LogP contribution in [-0.4, -0.2) is 9.55 Å². The second-order valence-electron chi connectivity index (χ2n) is 21.6. The minimum absolute atomic E-state index is 0. The number of hydrogen-bond acceptors (Lipinski definition) is 4. The van der Waals surface area contributed by atoms with Gasteiger partial charge in [-0.3, -0.25) is 0 Å². The molecule has 1 aliphatic rings. The number of pyridine rings is 1. The van der Waals surface area contributed by atoms with E-state index in [4.69, 9.17) is 9.72 Å². The third-order valence-electron chi connectivity index (χ3n) is 14.0. The van der Waals surface area contributed by atoms with Crippen LogP contribution < -0.4 is 14.5 Å². The SMILES string of the molecule is CC(C)(C)C1=CN(c2cc(-c3ccccc3)cc(C(C)(C)C)c2)[CH-]N1c1[c-]c(Oc2[c-]c3c(c(C(C)(C)c4ccccc4)c2)c2ccccc2n3-c2cc(C(C)(C)c3ccccc3)ccn2)ccc1.[Pt]. The maximum absolute atomic E-state index is 7.01. The van der Waals surface area contributed by atoms with Crippen LogP contribution in [0, 0.1) is 24.2 Å². The van der Waals surface area contributed by atoms with E-state index in [2.05, 4.69) is 272 Å². The number of benzene rings is 7. The van der Waals surface area contributed by atoms with Crippen LogP contribution in [0.3, 0.4) is 0 Å². The first-order valence-corrected chi connectivity index (χ1v) is 24.1. The van der Waals surface area contributed by atoms with Gasteiger partial charge in [0.25, 0.3) is 0 Å². The minimum Gasteiger partial charge on any atom is -0.509 e. The normalized spacial score (nSPS) is 13.4. The van der Waals surface area contributed by atoms with Crippen molar-refractivity contribution in [3.05, 3.63) is 235 Å². The molecule has 7 aromatic carbocycles. The number of allylic oxidation sites excluding steroid dienone is 1. The summed E-state index contributed by atoms with van der Waals surface area (Å²) in [6.07, 6.45) is 4.20. The van der Waals surface area contributed by atoms with Gasteiger partial charge in [-0.1, -0.05) is 195 Å². The van der Waals surface area contributed by atoms with Crippen LogP contribution in [0.2, 0.25) is 0 Å². The van der Waals surface area contributed by atoms with Crippen LogP contribution in [0.1, 0.15) is 97.1 Å². The topological polar surface area (TPSA) is 33.5 Å². The fraction of sp³-hybridized carbons (Fsp3) is 0.219. The molecule has 9 aromatic rings. The molecule has 10 rings (SSSR count). The first-order valence-electron chi connectivity index (χ1n) is 24.1. The van der Waals surface area contributed by atoms with Crippen LogP contribution in [0.4, 0.5) is 11.4 Å². The number of para-hydroxylation sites is 1. The zero-order valence-corrected chi connectivity index (χ0v) is 44.2. The number of rotatable bonds is 10. The van der Waals surface area contributed by atoms with Crippen molar-refractivity contribution < 1.29 is 25.8 Å². The van der Waals surface area contributed by atoms with Gasteiger partial charge in [0.2, 0.25) is 0 Å². The van der Waals surface area contributed by atoms with Crippen molar-refractivity contribution in [1.82, 2.24) is 9.55 Å². The van der Waals surface area contributed by atoms with Gasteiger partial charge in [0.05, 0.1) is 0 Å². The van der Waals surface area contributed by atoms with E-state index in [9.17, 15) is 0 Å². The molecule has 0 saturated carbocycles. The molecule has 0 amide bonds. The molecule has 70 heavy (non-hydrogen) atoms. The molecule has 0 saturated heterocycles. The summed E-state index contributed by atoms with van der Waals surface area (Å²) < 4.78 is 9.28. The molecule has 1 aliphatic heterocycles. The van der Waals surface area contributed by atoms with Crippen molar-refractivity contribution in [1.29, 1.82) is 0 Å². The van der Waals surface area contributed by atoms with E-state index in [-0.39, 0.29) is 37.3 Å². The van der Waals surface area contributed by atoms with Crippen LogP contribution in [-0.2, 0) is 37.3 Å². The summed E-state index contributed by atoms with van der Waals surface area (Å²) in [5.41, 5.74) is 12.6. The number of nitrogens with zero attached hydrogens (tertiary/aromatic N) is 4. The molecule has 0 fully saturated rings. The molecule has 0 atom stereocenters. The summed E-state index contributed by atoms with van der Waals surface area (Å²) in [4.78, 5) is 9.59. The summed E-state index contributed by atoms with van der Waals surface area (Å²) in [5.74, 6) is 2.03. The van der Waals surface area contributed by atoms with Crippen molar-refractivity contribution >= 4 is 33.2 Å². The molecular weight excluding hydrogens is 1040 g/mol. The summed E-state index contributed by atoms with van der Waals surface area (Å²) in [5, 5.41) is 2.26. The Morgan fingerprint density at radius 2 is 1.17 bits per heavy atom. The Morgan fingerprint density at radius 1 is 0.529 bits per heavy atom. The minimum atomic E-state index is -0.414. The molecule has 0 bridgehead atoms. The van der Waals surface area contributed by atoms with Gasteiger partial charge in [-0.05, 0) is 86.1 Å². The van der Waals surface area contributed by atoms with Gasteiger partial charge in [0.1, 0.15) is 5.82 Å². The van der Waals surface area contributed by atoms with E-state index >= 15 is 0 Å². The molecule has 0 radical (unpaired) electrons. The summed E-state index contributed by atoms with van der Waals surface area (Å²) in [7, 11) is 0. The van der Waals surface area contributed by atoms with E-state index < -0.39 is 5.41 Å². The molecule has 2 aromatic heterocycles. The van der Waals surface area contributed by atoms with E-state index in [1.807, 2.05) is 12.3 Å². The van der Waals surface area contributed by atoms with E-state index in [0.717, 1.165) is 50.3 Å². The third kappa shape index (κ3) is 9.13. The first-order chi connectivity index (χ1) is 33.0. The first kappa shape index (κ1) is 48.3. The van der Waals surface area contributed by atoms with Crippen molar-refractivity contribution in [3.63, 3.8) is 0 Å². The van der Waals surface area contributed by atoms with Gasteiger partial charge in [-0.15, -0.1) is 48.3 Å². The summed E-state index contributed by atoms with van der Waals surface area (Å²) >= 11 is 0. The Morgan fingerprint density at radius 3 is 1.84 bits per heavy atom. The summed E-state index contributed by atoms with van der Waals surface area (Å²) in [6, 6.07) is 67.9. The largest absolute Gasteiger partial charge is 0.509 e. The van der Waals surface area contributed by atoms with Gasteiger partial charge in [0, 0.05) is 66.5 Å². The van der Waals surface area contributed by atoms with Crippen LogP contribution in [0.25, 0.3) is 38.8 Å². The van der Waals surface area contributed by atoms with Gasteiger partial charge >= 0.3 is 0 Å². The van der Waals surface area contributed by atoms with Gasteiger partial charge < -0.3 is 19.1 Å². The Kier molecular flexibility index (Phi) is 12.8. The van der Waals surface area contributed by atoms with Gasteiger partial charge in [-0.25, -0.2) is 4.98 Å². The Bertz CT molecular complexity index is 3360. The molecule has 356 valence electrons. The third-order valence-corrected chi connectivity index (χ3v) is 14.0. The predicted molar refractivity (Wildman–Crippen MR) is 287 cm³/mol. The van der Waals surface area contributed by atoms with Crippen molar-refractivity contribution in [2.75, 3.05) is 9.80 Å². The van der Waals surface area contributed by atoms with Crippen molar-refractivity contribution in [2.24, 2.45) is 5.41 Å². The molecule has 3 heterocycles. The van der Waals surface area contributed by atoms with Crippen LogP contribution in [0.5, 0.6) is 11.5 Å². The van der Waals surface area contributed by atoms with Crippen molar-refractivity contribution in [2.45, 2.75) is 85.5 Å². The average molecular weight is 1100 g/mol. The van der Waals surface area contributed by atoms with E-state index in [1.165, 1.54) is 33.4 Å². The quantitative estimate of drug-likeness (QED) is 0.128. The summed E-state index contributed by atoms with van der Waals surface area (Å²) in [6.45, 7) is 25.0. The Balaban J connectivity index is 0.00000608. The molecule has 0 N–H and O–H groups in total.